The van der Waals surface area contributed by atoms with Gasteiger partial charge in [0.1, 0.15) is 17.5 Å². The molecule has 0 saturated carbocycles. The SMILES string of the molecule is N#Cc1cc(N)c(C(F)F)c(C(N)=O)n1. The molecule has 0 aliphatic carbocycles. The van der Waals surface area contributed by atoms with Crippen LogP contribution < -0.4 is 11.5 Å². The Balaban J connectivity index is 3.51. The molecule has 1 aromatic heterocycles. The van der Waals surface area contributed by atoms with Gasteiger partial charge in [0.15, 0.2) is 0 Å². The Hall–Kier alpha value is -2.23. The van der Waals surface area contributed by atoms with Crippen LogP contribution in [-0.2, 0) is 0 Å². The fourth-order valence-electron chi connectivity index (χ4n) is 1.05. The Morgan fingerprint density at radius 3 is 2.60 bits per heavy atom. The van der Waals surface area contributed by atoms with Gasteiger partial charge in [-0.1, -0.05) is 0 Å². The second-order valence-electron chi connectivity index (χ2n) is 2.64. The zero-order valence-corrected chi connectivity index (χ0v) is 7.37. The van der Waals surface area contributed by atoms with Crippen LogP contribution in [-0.4, -0.2) is 10.9 Å². The van der Waals surface area contributed by atoms with Gasteiger partial charge >= 0.3 is 0 Å². The average molecular weight is 212 g/mol. The highest BCUT2D eigenvalue weighted by atomic mass is 19.3. The maximum absolute atomic E-state index is 12.5. The Morgan fingerprint density at radius 1 is 1.60 bits per heavy atom. The molecular formula is C8H6F2N4O. The third-order valence-corrected chi connectivity index (χ3v) is 1.66. The van der Waals surface area contributed by atoms with Crippen molar-refractivity contribution in [3.63, 3.8) is 0 Å². The van der Waals surface area contributed by atoms with Gasteiger partial charge in [-0.15, -0.1) is 0 Å². The molecule has 0 atom stereocenters. The minimum atomic E-state index is -2.97. The van der Waals surface area contributed by atoms with E-state index in [1.54, 1.807) is 6.07 Å². The van der Waals surface area contributed by atoms with Gasteiger partial charge in [0, 0.05) is 5.69 Å². The van der Waals surface area contributed by atoms with Crippen molar-refractivity contribution in [1.82, 2.24) is 4.98 Å². The van der Waals surface area contributed by atoms with Crippen molar-refractivity contribution in [2.24, 2.45) is 5.73 Å². The van der Waals surface area contributed by atoms with Crippen LogP contribution in [0.15, 0.2) is 6.07 Å². The van der Waals surface area contributed by atoms with Crippen molar-refractivity contribution in [1.29, 1.82) is 5.26 Å². The zero-order chi connectivity index (χ0) is 11.6. The van der Waals surface area contributed by atoms with Crippen molar-refractivity contribution in [3.05, 3.63) is 23.0 Å². The van der Waals surface area contributed by atoms with Gasteiger partial charge in [0.2, 0.25) is 0 Å². The van der Waals surface area contributed by atoms with Gasteiger partial charge in [-0.2, -0.15) is 5.26 Å². The van der Waals surface area contributed by atoms with Gasteiger partial charge in [0.25, 0.3) is 12.3 Å². The van der Waals surface area contributed by atoms with E-state index in [1.807, 2.05) is 0 Å². The molecule has 0 bridgehead atoms. The summed E-state index contributed by atoms with van der Waals surface area (Å²) in [6.45, 7) is 0. The number of nitriles is 1. The first-order valence-electron chi connectivity index (χ1n) is 3.75. The van der Waals surface area contributed by atoms with Crippen LogP contribution in [0, 0.1) is 11.3 Å². The van der Waals surface area contributed by atoms with Crippen LogP contribution in [0.25, 0.3) is 0 Å². The topological polar surface area (TPSA) is 106 Å². The highest BCUT2D eigenvalue weighted by molar-refractivity contribution is 5.94. The van der Waals surface area contributed by atoms with E-state index in [1.165, 1.54) is 0 Å². The standard InChI is InChI=1S/C8H6F2N4O/c9-7(10)5-4(12)1-3(2-11)14-6(5)8(13)15/h1,7H,(H2,12,14)(H2,13,15). The summed E-state index contributed by atoms with van der Waals surface area (Å²) >= 11 is 0. The number of anilines is 1. The number of pyridine rings is 1. The molecule has 1 rings (SSSR count). The molecule has 78 valence electrons. The third-order valence-electron chi connectivity index (χ3n) is 1.66. The van der Waals surface area contributed by atoms with Gasteiger partial charge in [-0.3, -0.25) is 4.79 Å². The number of hydrogen-bond acceptors (Lipinski definition) is 4. The molecule has 0 saturated heterocycles. The van der Waals surface area contributed by atoms with Crippen LogP contribution in [0.3, 0.4) is 0 Å². The lowest BCUT2D eigenvalue weighted by Gasteiger charge is -2.08. The summed E-state index contributed by atoms with van der Waals surface area (Å²) in [7, 11) is 0. The predicted octanol–water partition coefficient (Wildman–Crippen LogP) is 0.572. The van der Waals surface area contributed by atoms with Gasteiger partial charge in [-0.05, 0) is 6.07 Å². The molecule has 0 aliphatic rings. The van der Waals surface area contributed by atoms with E-state index in [4.69, 9.17) is 16.7 Å². The van der Waals surface area contributed by atoms with E-state index in [9.17, 15) is 13.6 Å². The first-order chi connectivity index (χ1) is 6.97. The van der Waals surface area contributed by atoms with Crippen molar-refractivity contribution >= 4 is 11.6 Å². The first-order valence-corrected chi connectivity index (χ1v) is 3.75. The van der Waals surface area contributed by atoms with E-state index in [0.717, 1.165) is 6.07 Å². The van der Waals surface area contributed by atoms with E-state index in [0.29, 0.717) is 0 Å². The van der Waals surface area contributed by atoms with Crippen LogP contribution in [0.2, 0.25) is 0 Å². The van der Waals surface area contributed by atoms with Crippen molar-refractivity contribution in [2.75, 3.05) is 5.73 Å². The summed E-state index contributed by atoms with van der Waals surface area (Å²) in [4.78, 5) is 14.2. The molecule has 0 spiro atoms. The van der Waals surface area contributed by atoms with E-state index < -0.39 is 23.6 Å². The number of nitrogens with two attached hydrogens (primary N) is 2. The lowest BCUT2D eigenvalue weighted by molar-refractivity contribution is 0.0980. The predicted molar refractivity (Wildman–Crippen MR) is 46.8 cm³/mol. The lowest BCUT2D eigenvalue weighted by atomic mass is 10.1. The Labute approximate surface area is 83.3 Å². The van der Waals surface area contributed by atoms with E-state index in [2.05, 4.69) is 4.98 Å². The normalized spacial score (nSPS) is 10.0. The minimum Gasteiger partial charge on any atom is -0.398 e. The average Bonchev–Trinajstić information content (AvgIpc) is 2.15. The van der Waals surface area contributed by atoms with Crippen molar-refractivity contribution < 1.29 is 13.6 Å². The quantitative estimate of drug-likeness (QED) is 0.747. The van der Waals surface area contributed by atoms with Crippen LogP contribution in [0.4, 0.5) is 14.5 Å². The smallest absolute Gasteiger partial charge is 0.268 e. The Kier molecular flexibility index (Phi) is 2.80. The molecule has 5 nitrogen and oxygen atoms in total. The molecule has 1 aromatic rings. The largest absolute Gasteiger partial charge is 0.398 e. The van der Waals surface area contributed by atoms with Gasteiger partial charge in [0.05, 0.1) is 5.56 Å². The number of halogens is 2. The molecule has 1 amide bonds. The summed E-state index contributed by atoms with van der Waals surface area (Å²) in [5.74, 6) is -1.14. The maximum atomic E-state index is 12.5. The Bertz CT molecular complexity index is 453. The highest BCUT2D eigenvalue weighted by Gasteiger charge is 2.22. The number of carbonyl (C=O) groups excluding carboxylic acids is 1. The number of aromatic nitrogens is 1. The fraction of sp³-hybridized carbons (Fsp3) is 0.125. The number of primary amides is 1. The molecule has 1 heterocycles. The molecular weight excluding hydrogens is 206 g/mol. The summed E-state index contributed by atoms with van der Waals surface area (Å²) in [5, 5.41) is 8.49. The number of amides is 1. The van der Waals surface area contributed by atoms with Gasteiger partial charge < -0.3 is 11.5 Å². The highest BCUT2D eigenvalue weighted by Crippen LogP contribution is 2.27. The van der Waals surface area contributed by atoms with Crippen molar-refractivity contribution in [3.8, 4) is 6.07 Å². The molecule has 0 fully saturated rings. The summed E-state index contributed by atoms with van der Waals surface area (Å²) in [6, 6.07) is 2.55. The van der Waals surface area contributed by atoms with Crippen molar-refractivity contribution in [2.45, 2.75) is 6.43 Å². The first kappa shape index (κ1) is 10.8. The second-order valence-corrected chi connectivity index (χ2v) is 2.64. The number of nitrogens with zero attached hydrogens (tertiary/aromatic N) is 2. The maximum Gasteiger partial charge on any atom is 0.268 e. The summed E-state index contributed by atoms with van der Waals surface area (Å²) in [6.07, 6.45) is -2.97. The molecule has 0 radical (unpaired) electrons. The molecule has 0 unspecified atom stereocenters. The molecule has 4 N–H and O–H groups in total. The number of alkyl halides is 2. The zero-order valence-electron chi connectivity index (χ0n) is 7.37. The Morgan fingerprint density at radius 2 is 2.20 bits per heavy atom. The monoisotopic (exact) mass is 212 g/mol. The van der Waals surface area contributed by atoms with Crippen LogP contribution in [0.5, 0.6) is 0 Å². The summed E-state index contributed by atoms with van der Waals surface area (Å²) < 4.78 is 24.9. The lowest BCUT2D eigenvalue weighted by Crippen LogP contribution is -2.18. The number of rotatable bonds is 2. The molecule has 7 heteroatoms. The van der Waals surface area contributed by atoms with E-state index >= 15 is 0 Å². The molecule has 0 aromatic carbocycles. The van der Waals surface area contributed by atoms with Crippen LogP contribution >= 0.6 is 0 Å². The van der Waals surface area contributed by atoms with E-state index in [-0.39, 0.29) is 11.4 Å². The third kappa shape index (κ3) is 1.99. The van der Waals surface area contributed by atoms with Gasteiger partial charge in [-0.25, -0.2) is 13.8 Å². The fourth-order valence-corrected chi connectivity index (χ4v) is 1.05. The number of nitrogen functional groups attached to an aromatic ring is 1. The number of hydrogen-bond donors (Lipinski definition) is 2. The second kappa shape index (κ2) is 3.88. The molecule has 15 heavy (non-hydrogen) atoms. The van der Waals surface area contributed by atoms with Crippen LogP contribution in [0.1, 0.15) is 28.2 Å². The minimum absolute atomic E-state index is 0.231. The number of carbonyl (C=O) groups is 1. The summed E-state index contributed by atoms with van der Waals surface area (Å²) in [5.41, 5.74) is 8.10. The molecule has 0 aliphatic heterocycles.